The molecule has 1 aliphatic heterocycles. The van der Waals surface area contributed by atoms with Gasteiger partial charge in [-0.05, 0) is 33.2 Å². The molecule has 0 saturated carbocycles. The van der Waals surface area contributed by atoms with Crippen molar-refractivity contribution in [1.29, 1.82) is 5.26 Å². The summed E-state index contributed by atoms with van der Waals surface area (Å²) < 4.78 is 0. The van der Waals surface area contributed by atoms with Crippen LogP contribution in [0, 0.1) is 16.7 Å². The van der Waals surface area contributed by atoms with Gasteiger partial charge in [0.1, 0.15) is 0 Å². The molecule has 0 bridgehead atoms. The second kappa shape index (κ2) is 6.51. The van der Waals surface area contributed by atoms with Crippen LogP contribution in [-0.4, -0.2) is 35.5 Å². The largest absolute Gasteiger partial charge is 0.301 e. The van der Waals surface area contributed by atoms with Crippen LogP contribution in [0.25, 0.3) is 0 Å². The highest BCUT2D eigenvalue weighted by molar-refractivity contribution is 7.99. The van der Waals surface area contributed by atoms with E-state index in [0.717, 1.165) is 11.7 Å². The van der Waals surface area contributed by atoms with Crippen LogP contribution in [0.2, 0.25) is 0 Å². The summed E-state index contributed by atoms with van der Waals surface area (Å²) >= 11 is 2.08. The molecule has 1 rings (SSSR count). The number of nitriles is 1. The molecule has 0 amide bonds. The van der Waals surface area contributed by atoms with E-state index < -0.39 is 0 Å². The number of nitrogens with zero attached hydrogens (tertiary/aromatic N) is 2. The van der Waals surface area contributed by atoms with Gasteiger partial charge in [-0.2, -0.15) is 17.0 Å². The highest BCUT2D eigenvalue weighted by atomic mass is 32.2. The molecule has 1 aliphatic rings. The number of hydrogen-bond acceptors (Lipinski definition) is 3. The number of thioether (sulfide) groups is 1. The van der Waals surface area contributed by atoms with Crippen LogP contribution in [0.3, 0.4) is 0 Å². The Labute approximate surface area is 104 Å². The van der Waals surface area contributed by atoms with Gasteiger partial charge < -0.3 is 4.90 Å². The van der Waals surface area contributed by atoms with Gasteiger partial charge in [-0.3, -0.25) is 0 Å². The molecule has 3 heteroatoms. The van der Waals surface area contributed by atoms with Gasteiger partial charge in [0.05, 0.1) is 11.5 Å². The lowest BCUT2D eigenvalue weighted by molar-refractivity contribution is 0.273. The van der Waals surface area contributed by atoms with Gasteiger partial charge in [-0.1, -0.05) is 13.3 Å². The molecule has 1 heterocycles. The predicted octanol–water partition coefficient (Wildman–Crippen LogP) is 3.14. The van der Waals surface area contributed by atoms with Crippen molar-refractivity contribution in [3.63, 3.8) is 0 Å². The summed E-state index contributed by atoms with van der Waals surface area (Å²) in [6.45, 7) is 10.1. The summed E-state index contributed by atoms with van der Waals surface area (Å²) in [6, 6.07) is 2.37. The first-order valence-electron chi connectivity index (χ1n) is 6.29. The van der Waals surface area contributed by atoms with Crippen LogP contribution in [0.5, 0.6) is 0 Å². The molecule has 0 aromatic heterocycles. The van der Waals surface area contributed by atoms with Gasteiger partial charge in [0, 0.05) is 24.1 Å². The Morgan fingerprint density at radius 3 is 2.81 bits per heavy atom. The second-order valence-corrected chi connectivity index (χ2v) is 6.98. The SMILES string of the molecule is CC1CN(CCCCC(C)(C)C#N)CCS1. The van der Waals surface area contributed by atoms with Crippen LogP contribution in [0.15, 0.2) is 0 Å². The average Bonchev–Trinajstić information content (AvgIpc) is 2.25. The van der Waals surface area contributed by atoms with Crippen molar-refractivity contribution in [3.05, 3.63) is 0 Å². The Morgan fingerprint density at radius 1 is 1.44 bits per heavy atom. The third kappa shape index (κ3) is 5.23. The van der Waals surface area contributed by atoms with E-state index in [2.05, 4.69) is 29.7 Å². The fourth-order valence-electron chi connectivity index (χ4n) is 2.05. The van der Waals surface area contributed by atoms with E-state index in [-0.39, 0.29) is 5.41 Å². The van der Waals surface area contributed by atoms with E-state index >= 15 is 0 Å². The highest BCUT2D eigenvalue weighted by Gasteiger charge is 2.18. The molecule has 0 spiro atoms. The van der Waals surface area contributed by atoms with E-state index in [1.165, 1.54) is 38.2 Å². The molecule has 0 aromatic rings. The van der Waals surface area contributed by atoms with E-state index in [9.17, 15) is 0 Å². The molecule has 1 unspecified atom stereocenters. The van der Waals surface area contributed by atoms with Crippen molar-refractivity contribution in [1.82, 2.24) is 4.90 Å². The maximum absolute atomic E-state index is 8.91. The Bertz CT molecular complexity index is 245. The molecule has 1 atom stereocenters. The molecule has 1 saturated heterocycles. The highest BCUT2D eigenvalue weighted by Crippen LogP contribution is 2.22. The zero-order valence-electron chi connectivity index (χ0n) is 10.8. The monoisotopic (exact) mass is 240 g/mol. The molecular formula is C13H24N2S. The third-order valence-corrected chi connectivity index (χ3v) is 4.29. The number of rotatable bonds is 5. The van der Waals surface area contributed by atoms with Crippen molar-refractivity contribution in [3.8, 4) is 6.07 Å². The first-order valence-corrected chi connectivity index (χ1v) is 7.33. The molecule has 0 aromatic carbocycles. The van der Waals surface area contributed by atoms with E-state index in [4.69, 9.17) is 5.26 Å². The molecule has 0 aliphatic carbocycles. The summed E-state index contributed by atoms with van der Waals surface area (Å²) in [5, 5.41) is 9.71. The van der Waals surface area contributed by atoms with Gasteiger partial charge in [-0.25, -0.2) is 0 Å². The standard InChI is InChI=1S/C13H24N2S/c1-12-10-15(8-9-16-12)7-5-4-6-13(2,3)11-14/h12H,4-10H2,1-3H3. The maximum atomic E-state index is 8.91. The third-order valence-electron chi connectivity index (χ3n) is 3.15. The van der Waals surface area contributed by atoms with E-state index in [1.54, 1.807) is 0 Å². The average molecular weight is 240 g/mol. The van der Waals surface area contributed by atoms with Crippen LogP contribution in [0.4, 0.5) is 0 Å². The lowest BCUT2D eigenvalue weighted by Crippen LogP contribution is -2.37. The Hall–Kier alpha value is -0.200. The molecule has 1 fully saturated rings. The lowest BCUT2D eigenvalue weighted by Gasteiger charge is -2.30. The van der Waals surface area contributed by atoms with Gasteiger partial charge in [0.15, 0.2) is 0 Å². The molecule has 0 N–H and O–H groups in total. The quantitative estimate of drug-likeness (QED) is 0.691. The summed E-state index contributed by atoms with van der Waals surface area (Å²) in [5.41, 5.74) is -0.134. The van der Waals surface area contributed by atoms with Crippen molar-refractivity contribution in [2.45, 2.75) is 45.3 Å². The van der Waals surface area contributed by atoms with Gasteiger partial charge in [0.25, 0.3) is 0 Å². The van der Waals surface area contributed by atoms with Gasteiger partial charge >= 0.3 is 0 Å². The summed E-state index contributed by atoms with van der Waals surface area (Å²) in [5.74, 6) is 1.28. The molecule has 92 valence electrons. The van der Waals surface area contributed by atoms with Crippen LogP contribution in [-0.2, 0) is 0 Å². The smallest absolute Gasteiger partial charge is 0.0683 e. The fourth-order valence-corrected chi connectivity index (χ4v) is 3.13. The minimum absolute atomic E-state index is 0.134. The predicted molar refractivity (Wildman–Crippen MR) is 71.6 cm³/mol. The van der Waals surface area contributed by atoms with Crippen LogP contribution >= 0.6 is 11.8 Å². The maximum Gasteiger partial charge on any atom is 0.0683 e. The Balaban J connectivity index is 2.09. The van der Waals surface area contributed by atoms with Crippen molar-refractivity contribution in [2.75, 3.05) is 25.4 Å². The van der Waals surface area contributed by atoms with Crippen LogP contribution in [0.1, 0.15) is 40.0 Å². The topological polar surface area (TPSA) is 27.0 Å². The zero-order valence-corrected chi connectivity index (χ0v) is 11.6. The fraction of sp³-hybridized carbons (Fsp3) is 0.923. The lowest BCUT2D eigenvalue weighted by atomic mass is 9.89. The van der Waals surface area contributed by atoms with Gasteiger partial charge in [-0.15, -0.1) is 0 Å². The minimum Gasteiger partial charge on any atom is -0.301 e. The van der Waals surface area contributed by atoms with Crippen molar-refractivity contribution >= 4 is 11.8 Å². The number of unbranched alkanes of at least 4 members (excludes halogenated alkanes) is 1. The van der Waals surface area contributed by atoms with E-state index in [1.807, 2.05) is 13.8 Å². The minimum atomic E-state index is -0.134. The van der Waals surface area contributed by atoms with E-state index in [0.29, 0.717) is 0 Å². The second-order valence-electron chi connectivity index (χ2n) is 5.43. The van der Waals surface area contributed by atoms with Crippen LogP contribution < -0.4 is 0 Å². The summed E-state index contributed by atoms with van der Waals surface area (Å²) in [6.07, 6.45) is 3.45. The zero-order chi connectivity index (χ0) is 12.0. The number of hydrogen-bond donors (Lipinski definition) is 0. The Morgan fingerprint density at radius 2 is 2.19 bits per heavy atom. The normalized spacial score (nSPS) is 23.0. The summed E-state index contributed by atoms with van der Waals surface area (Å²) in [7, 11) is 0. The molecule has 0 radical (unpaired) electrons. The molecule has 2 nitrogen and oxygen atoms in total. The molecular weight excluding hydrogens is 216 g/mol. The Kier molecular flexibility index (Phi) is 5.64. The van der Waals surface area contributed by atoms with Gasteiger partial charge in [0.2, 0.25) is 0 Å². The summed E-state index contributed by atoms with van der Waals surface area (Å²) in [4.78, 5) is 2.57. The first kappa shape index (κ1) is 13.9. The first-order chi connectivity index (χ1) is 7.53. The molecule has 16 heavy (non-hydrogen) atoms. The van der Waals surface area contributed by atoms with Crippen molar-refractivity contribution in [2.24, 2.45) is 5.41 Å². The van der Waals surface area contributed by atoms with Crippen molar-refractivity contribution < 1.29 is 0 Å².